The van der Waals surface area contributed by atoms with Crippen LogP contribution in [0.2, 0.25) is 0 Å². The van der Waals surface area contributed by atoms with Crippen molar-refractivity contribution in [2.45, 2.75) is 57.9 Å². The number of thioether (sulfide) groups is 1. The van der Waals surface area contributed by atoms with Gasteiger partial charge in [-0.3, -0.25) is 9.79 Å². The number of aliphatic imine (C=N–C) groups is 1. The van der Waals surface area contributed by atoms with Gasteiger partial charge in [0.1, 0.15) is 12.6 Å². The number of nitrogens with zero attached hydrogens (tertiary/aromatic N) is 3. The predicted octanol–water partition coefficient (Wildman–Crippen LogP) is 2.81. The van der Waals surface area contributed by atoms with Crippen molar-refractivity contribution in [1.29, 1.82) is 0 Å². The molecule has 1 aromatic heterocycles. The van der Waals surface area contributed by atoms with Crippen LogP contribution in [0.15, 0.2) is 10.4 Å². The molecule has 0 aromatic carbocycles. The summed E-state index contributed by atoms with van der Waals surface area (Å²) in [4.78, 5) is 47.2. The zero-order valence-corrected chi connectivity index (χ0v) is 22.1. The summed E-state index contributed by atoms with van der Waals surface area (Å²) >= 11 is 3.14. The summed E-state index contributed by atoms with van der Waals surface area (Å²) in [5.74, 6) is 0.00177. The maximum Gasteiger partial charge on any atom is 0.407 e. The molecule has 0 bridgehead atoms. The highest BCUT2D eigenvalue weighted by Gasteiger charge is 2.25. The van der Waals surface area contributed by atoms with Crippen molar-refractivity contribution >= 4 is 46.7 Å². The Morgan fingerprint density at radius 2 is 1.94 bits per heavy atom. The molecule has 1 aliphatic heterocycles. The molecule has 2 rings (SSSR count). The van der Waals surface area contributed by atoms with Gasteiger partial charge in [0.2, 0.25) is 5.91 Å². The normalized spacial score (nSPS) is 15.9. The van der Waals surface area contributed by atoms with Gasteiger partial charge in [0.15, 0.2) is 0 Å². The van der Waals surface area contributed by atoms with E-state index >= 15 is 0 Å². The Bertz CT molecular complexity index is 837. The van der Waals surface area contributed by atoms with E-state index in [4.69, 9.17) is 4.74 Å². The van der Waals surface area contributed by atoms with E-state index in [9.17, 15) is 14.4 Å². The van der Waals surface area contributed by atoms with Crippen LogP contribution in [0.5, 0.6) is 0 Å². The van der Waals surface area contributed by atoms with Crippen LogP contribution < -0.4 is 16.0 Å². The molecule has 190 valence electrons. The number of urea groups is 1. The van der Waals surface area contributed by atoms with Crippen molar-refractivity contribution in [1.82, 2.24) is 25.8 Å². The van der Waals surface area contributed by atoms with E-state index < -0.39 is 12.1 Å². The molecule has 0 aliphatic carbocycles. The van der Waals surface area contributed by atoms with Crippen molar-refractivity contribution < 1.29 is 19.1 Å². The fourth-order valence-electron chi connectivity index (χ4n) is 3.00. The lowest BCUT2D eigenvalue weighted by Gasteiger charge is -2.25. The second-order valence-corrected chi connectivity index (χ2v) is 10.8. The third kappa shape index (κ3) is 9.49. The Hall–Kier alpha value is -2.34. The summed E-state index contributed by atoms with van der Waals surface area (Å²) in [6, 6.07) is -0.996. The average molecular weight is 513 g/mol. The van der Waals surface area contributed by atoms with Gasteiger partial charge in [-0.05, 0) is 12.3 Å². The lowest BCUT2D eigenvalue weighted by molar-refractivity contribution is -0.123. The minimum absolute atomic E-state index is 0.0882. The molecular formula is C22H36N6O4S2. The van der Waals surface area contributed by atoms with Gasteiger partial charge in [-0.25, -0.2) is 14.6 Å². The number of hydrogen-bond donors (Lipinski definition) is 3. The number of rotatable bonds is 12. The third-order valence-corrected chi connectivity index (χ3v) is 7.13. The van der Waals surface area contributed by atoms with Crippen LogP contribution in [0, 0.1) is 5.92 Å². The second-order valence-electron chi connectivity index (χ2n) is 8.76. The van der Waals surface area contributed by atoms with Gasteiger partial charge in [0.25, 0.3) is 0 Å². The Morgan fingerprint density at radius 1 is 1.21 bits per heavy atom. The summed E-state index contributed by atoms with van der Waals surface area (Å²) in [6.07, 6.45) is 0.0674. The highest BCUT2D eigenvalue weighted by atomic mass is 32.2. The number of nitrogens with one attached hydrogen (secondary N) is 3. The summed E-state index contributed by atoms with van der Waals surface area (Å²) in [6.45, 7) is 10.0. The highest BCUT2D eigenvalue weighted by molar-refractivity contribution is 8.12. The van der Waals surface area contributed by atoms with Crippen LogP contribution in [0.25, 0.3) is 0 Å². The van der Waals surface area contributed by atoms with E-state index in [0.717, 1.165) is 10.7 Å². The Labute approximate surface area is 209 Å². The van der Waals surface area contributed by atoms with Crippen molar-refractivity contribution in [2.75, 3.05) is 33.3 Å². The van der Waals surface area contributed by atoms with Crippen LogP contribution >= 0.6 is 23.1 Å². The van der Waals surface area contributed by atoms with Crippen LogP contribution in [-0.4, -0.2) is 78.0 Å². The first kappa shape index (κ1) is 27.9. The maximum atomic E-state index is 12.7. The number of amides is 4. The second kappa shape index (κ2) is 14.1. The molecule has 0 spiro atoms. The molecule has 2 atom stereocenters. The third-order valence-electron chi connectivity index (χ3n) is 5.00. The van der Waals surface area contributed by atoms with Gasteiger partial charge in [-0.15, -0.1) is 23.1 Å². The van der Waals surface area contributed by atoms with Gasteiger partial charge in [0, 0.05) is 31.4 Å². The molecule has 10 nitrogen and oxygen atoms in total. The van der Waals surface area contributed by atoms with Gasteiger partial charge >= 0.3 is 12.1 Å². The average Bonchev–Trinajstić information content (AvgIpc) is 3.47. The lowest BCUT2D eigenvalue weighted by atomic mass is 10.0. The number of aromatic nitrogens is 1. The lowest BCUT2D eigenvalue weighted by Crippen LogP contribution is -2.52. The minimum atomic E-state index is -0.666. The number of hydrogen-bond acceptors (Lipinski definition) is 8. The van der Waals surface area contributed by atoms with E-state index in [-0.39, 0.29) is 23.1 Å². The molecular weight excluding hydrogens is 476 g/mol. The molecule has 2 heterocycles. The van der Waals surface area contributed by atoms with E-state index in [0.29, 0.717) is 45.1 Å². The predicted molar refractivity (Wildman–Crippen MR) is 137 cm³/mol. The number of ether oxygens (including phenoxy) is 1. The van der Waals surface area contributed by atoms with E-state index in [1.807, 2.05) is 19.2 Å². The number of alkyl carbamates (subject to hydrolysis) is 1. The molecule has 34 heavy (non-hydrogen) atoms. The quantitative estimate of drug-likeness (QED) is 0.370. The molecule has 4 amide bonds. The van der Waals surface area contributed by atoms with Gasteiger partial charge < -0.3 is 25.6 Å². The van der Waals surface area contributed by atoms with Crippen LogP contribution in [0.4, 0.5) is 9.59 Å². The largest absolute Gasteiger partial charge is 0.448 e. The topological polar surface area (TPSA) is 125 Å². The number of carbonyl (C=O) groups is 3. The van der Waals surface area contributed by atoms with Crippen LogP contribution in [0.3, 0.4) is 0 Å². The van der Waals surface area contributed by atoms with Crippen molar-refractivity contribution in [3.63, 3.8) is 0 Å². The highest BCUT2D eigenvalue weighted by Crippen LogP contribution is 2.20. The standard InChI is InChI=1S/C22H36N6O4S2/c1-14(2)18(27-21(30)28(5)10-16-12-33-20(26-16)15(3)4)19(29)24-7-6-8-25-22(31)32-11-17-9-23-13-34-17/h12-15,17-18H,6-11H2,1-5H3,(H,24,29)(H,25,31)(H,27,30). The van der Waals surface area contributed by atoms with Gasteiger partial charge in [-0.2, -0.15) is 0 Å². The Morgan fingerprint density at radius 3 is 2.56 bits per heavy atom. The summed E-state index contributed by atoms with van der Waals surface area (Å²) in [7, 11) is 1.68. The molecule has 0 saturated heterocycles. The van der Waals surface area contributed by atoms with Crippen LogP contribution in [-0.2, 0) is 16.1 Å². The molecule has 0 saturated carbocycles. The van der Waals surface area contributed by atoms with E-state index in [1.165, 1.54) is 4.90 Å². The number of carbonyl (C=O) groups excluding carboxylic acids is 3. The van der Waals surface area contributed by atoms with E-state index in [1.54, 1.807) is 35.7 Å². The van der Waals surface area contributed by atoms with Gasteiger partial charge in [0.05, 0.1) is 34.6 Å². The zero-order chi connectivity index (χ0) is 25.1. The molecule has 1 aliphatic rings. The van der Waals surface area contributed by atoms with Crippen molar-refractivity contribution in [3.8, 4) is 0 Å². The maximum absolute atomic E-state index is 12.7. The molecule has 12 heteroatoms. The van der Waals surface area contributed by atoms with Gasteiger partial charge in [-0.1, -0.05) is 27.7 Å². The summed E-state index contributed by atoms with van der Waals surface area (Å²) < 4.78 is 5.15. The number of thiazole rings is 1. The molecule has 3 N–H and O–H groups in total. The fourth-order valence-corrected chi connectivity index (χ4v) is 4.49. The minimum Gasteiger partial charge on any atom is -0.448 e. The van der Waals surface area contributed by atoms with E-state index in [2.05, 4.69) is 39.8 Å². The molecule has 2 unspecified atom stereocenters. The van der Waals surface area contributed by atoms with Crippen molar-refractivity contribution in [3.05, 3.63) is 16.1 Å². The van der Waals surface area contributed by atoms with Crippen molar-refractivity contribution in [2.24, 2.45) is 10.9 Å². The summed E-state index contributed by atoms with van der Waals surface area (Å²) in [5.41, 5.74) is 2.60. The fraction of sp³-hybridized carbons (Fsp3) is 0.682. The first-order chi connectivity index (χ1) is 16.2. The molecule has 0 radical (unpaired) electrons. The summed E-state index contributed by atoms with van der Waals surface area (Å²) in [5, 5.41) is 11.5. The molecule has 0 fully saturated rings. The monoisotopic (exact) mass is 512 g/mol. The smallest absolute Gasteiger partial charge is 0.407 e. The zero-order valence-electron chi connectivity index (χ0n) is 20.5. The Kier molecular flexibility index (Phi) is 11.6. The first-order valence-corrected chi connectivity index (χ1v) is 13.3. The first-order valence-electron chi connectivity index (χ1n) is 11.4. The van der Waals surface area contributed by atoms with Crippen LogP contribution in [0.1, 0.15) is 50.7 Å². The SMILES string of the molecule is CC(C)c1nc(CN(C)C(=O)NC(C(=O)NCCCNC(=O)OCC2CN=CS2)C(C)C)cs1. The molecule has 1 aromatic rings. The Balaban J connectivity index is 1.67.